The van der Waals surface area contributed by atoms with Gasteiger partial charge in [-0.1, -0.05) is 67.5 Å². The molecule has 236 valence electrons. The summed E-state index contributed by atoms with van der Waals surface area (Å²) in [5.74, 6) is 1.87. The number of benzene rings is 1. The van der Waals surface area contributed by atoms with Crippen molar-refractivity contribution in [3.8, 4) is 18.1 Å². The van der Waals surface area contributed by atoms with Gasteiger partial charge in [0.15, 0.2) is 8.32 Å². The van der Waals surface area contributed by atoms with Gasteiger partial charge in [0.25, 0.3) is 8.32 Å². The third-order valence-corrected chi connectivity index (χ3v) is 18.3. The molecule has 9 heteroatoms. The zero-order chi connectivity index (χ0) is 32.4. The molecule has 2 N–H and O–H groups in total. The average molecular weight is 618 g/mol. The largest absolute Gasteiger partial charge is 0.543 e. The van der Waals surface area contributed by atoms with E-state index in [-0.39, 0.29) is 34.4 Å². The lowest BCUT2D eigenvalue weighted by Gasteiger charge is -2.45. The standard InChI is InChI=1S/C33H55NO6Si2/c1-15-16-22(3)30(36)34-24(20-35)19-23(4)28-29(40-42(13,14)33(8,9)10)25-18-17-21(2)27(26(25)31(37)38-28)39-41(11,12)32(5,6)7/h1,17-18,22-24,28-29,35H,16,19-20H2,2-14H3,(H,34,36)/t22-,23-,24?,28-,29+/m1/s1. The fourth-order valence-electron chi connectivity index (χ4n) is 4.52. The first kappa shape index (κ1) is 36.1. The number of amides is 1. The Morgan fingerprint density at radius 1 is 1.10 bits per heavy atom. The fourth-order valence-corrected chi connectivity index (χ4v) is 6.85. The number of carbonyl (C=O) groups is 2. The average Bonchev–Trinajstić information content (AvgIpc) is 2.84. The molecule has 1 aliphatic heterocycles. The number of carbonyl (C=O) groups excluding carboxylic acids is 2. The van der Waals surface area contributed by atoms with E-state index in [0.29, 0.717) is 24.2 Å². The van der Waals surface area contributed by atoms with E-state index in [1.807, 2.05) is 26.0 Å². The van der Waals surface area contributed by atoms with Crippen LogP contribution in [0.15, 0.2) is 12.1 Å². The van der Waals surface area contributed by atoms with Crippen LogP contribution in [0.25, 0.3) is 0 Å². The minimum Gasteiger partial charge on any atom is -0.543 e. The number of nitrogens with one attached hydrogen (secondary N) is 1. The summed E-state index contributed by atoms with van der Waals surface area (Å²) in [6.07, 6.45) is 4.97. The first-order valence-electron chi connectivity index (χ1n) is 15.1. The summed E-state index contributed by atoms with van der Waals surface area (Å²) >= 11 is 0. The summed E-state index contributed by atoms with van der Waals surface area (Å²) in [5.41, 5.74) is 2.11. The summed E-state index contributed by atoms with van der Waals surface area (Å²) in [6, 6.07) is 3.47. The first-order chi connectivity index (χ1) is 19.1. The van der Waals surface area contributed by atoms with E-state index in [4.69, 9.17) is 20.0 Å². The van der Waals surface area contributed by atoms with Crippen LogP contribution in [0, 0.1) is 31.1 Å². The second kappa shape index (κ2) is 13.2. The molecule has 2 rings (SSSR count). The number of esters is 1. The van der Waals surface area contributed by atoms with Crippen molar-refractivity contribution in [3.63, 3.8) is 0 Å². The molecule has 1 unspecified atom stereocenters. The Morgan fingerprint density at radius 2 is 1.67 bits per heavy atom. The van der Waals surface area contributed by atoms with E-state index < -0.39 is 40.9 Å². The van der Waals surface area contributed by atoms with Crippen molar-refractivity contribution in [2.24, 2.45) is 11.8 Å². The van der Waals surface area contributed by atoms with Crippen LogP contribution in [0.2, 0.25) is 36.3 Å². The molecule has 0 fully saturated rings. The SMILES string of the molecule is C#CC[C@@H](C)C(=O)NC(CO)C[C@@H](C)[C@H]1OC(=O)c2c(ccc(C)c2O[Si](C)(C)C(C)(C)C)[C@@H]1O[Si](C)(C)C(C)(C)C. The van der Waals surface area contributed by atoms with Gasteiger partial charge in [-0.3, -0.25) is 4.79 Å². The third kappa shape index (κ3) is 8.07. The van der Waals surface area contributed by atoms with Gasteiger partial charge >= 0.3 is 5.97 Å². The summed E-state index contributed by atoms with van der Waals surface area (Å²) in [7, 11) is -4.62. The molecule has 0 saturated carbocycles. The number of hydrogen-bond acceptors (Lipinski definition) is 6. The van der Waals surface area contributed by atoms with Crippen molar-refractivity contribution >= 4 is 28.5 Å². The smallest absolute Gasteiger partial charge is 0.342 e. The minimum absolute atomic E-state index is 0.0592. The minimum atomic E-state index is -2.34. The fraction of sp³-hybridized carbons (Fsp3) is 0.697. The van der Waals surface area contributed by atoms with Crippen molar-refractivity contribution < 1.29 is 28.3 Å². The van der Waals surface area contributed by atoms with Crippen LogP contribution in [-0.4, -0.2) is 52.4 Å². The molecule has 1 heterocycles. The number of aliphatic hydroxyl groups excluding tert-OH is 1. The van der Waals surface area contributed by atoms with E-state index in [0.717, 1.165) is 11.1 Å². The highest BCUT2D eigenvalue weighted by Gasteiger charge is 2.48. The lowest BCUT2D eigenvalue weighted by atomic mass is 9.85. The summed E-state index contributed by atoms with van der Waals surface area (Å²) in [4.78, 5) is 26.5. The number of cyclic esters (lactones) is 1. The highest BCUT2D eigenvalue weighted by molar-refractivity contribution is 6.75. The van der Waals surface area contributed by atoms with Crippen LogP contribution < -0.4 is 9.74 Å². The molecule has 0 radical (unpaired) electrons. The number of fused-ring (bicyclic) bond motifs is 1. The van der Waals surface area contributed by atoms with E-state index in [1.54, 1.807) is 6.92 Å². The lowest BCUT2D eigenvalue weighted by Crippen LogP contribution is -2.49. The number of ether oxygens (including phenoxy) is 1. The molecule has 0 aromatic heterocycles. The Labute approximate surface area is 256 Å². The predicted octanol–water partition coefficient (Wildman–Crippen LogP) is 7.14. The number of rotatable bonds is 11. The van der Waals surface area contributed by atoms with Gasteiger partial charge < -0.3 is 24.0 Å². The maximum absolute atomic E-state index is 13.8. The van der Waals surface area contributed by atoms with Gasteiger partial charge in [-0.15, -0.1) is 12.3 Å². The monoisotopic (exact) mass is 617 g/mol. The summed E-state index contributed by atoms with van der Waals surface area (Å²) in [5, 5.41) is 12.9. The lowest BCUT2D eigenvalue weighted by molar-refractivity contribution is -0.125. The molecule has 7 nitrogen and oxygen atoms in total. The van der Waals surface area contributed by atoms with Gasteiger partial charge in [-0.25, -0.2) is 4.79 Å². The Morgan fingerprint density at radius 3 is 2.17 bits per heavy atom. The van der Waals surface area contributed by atoms with E-state index in [1.165, 1.54) is 0 Å². The quantitative estimate of drug-likeness (QED) is 0.156. The van der Waals surface area contributed by atoms with Crippen LogP contribution in [0.4, 0.5) is 0 Å². The number of aliphatic hydroxyl groups is 1. The van der Waals surface area contributed by atoms with Gasteiger partial charge in [-0.05, 0) is 61.1 Å². The van der Waals surface area contributed by atoms with Crippen molar-refractivity contribution in [3.05, 3.63) is 28.8 Å². The molecule has 1 aromatic carbocycles. The zero-order valence-electron chi connectivity index (χ0n) is 28.2. The van der Waals surface area contributed by atoms with Gasteiger partial charge in [0.2, 0.25) is 5.91 Å². The van der Waals surface area contributed by atoms with Crippen LogP contribution in [0.1, 0.15) is 95.8 Å². The molecule has 0 aliphatic carbocycles. The van der Waals surface area contributed by atoms with Crippen LogP contribution in [0.3, 0.4) is 0 Å². The highest BCUT2D eigenvalue weighted by Crippen LogP contribution is 2.48. The number of hydrogen-bond donors (Lipinski definition) is 2. The third-order valence-electron chi connectivity index (χ3n) is 9.49. The Bertz CT molecular complexity index is 1170. The zero-order valence-corrected chi connectivity index (χ0v) is 30.2. The number of aryl methyl sites for hydroxylation is 1. The van der Waals surface area contributed by atoms with Crippen molar-refractivity contribution in [1.29, 1.82) is 0 Å². The van der Waals surface area contributed by atoms with Crippen molar-refractivity contribution in [2.75, 3.05) is 6.61 Å². The molecule has 0 spiro atoms. The second-order valence-electron chi connectivity index (χ2n) is 15.1. The topological polar surface area (TPSA) is 94.1 Å². The Kier molecular flexibility index (Phi) is 11.4. The van der Waals surface area contributed by atoms with Crippen molar-refractivity contribution in [1.82, 2.24) is 5.32 Å². The molecular weight excluding hydrogens is 563 g/mol. The Hall–Kier alpha value is -2.13. The molecule has 1 aromatic rings. The molecule has 1 amide bonds. The van der Waals surface area contributed by atoms with Crippen LogP contribution in [-0.2, 0) is 14.0 Å². The molecule has 1 aliphatic rings. The second-order valence-corrected chi connectivity index (χ2v) is 24.6. The van der Waals surface area contributed by atoms with E-state index in [2.05, 4.69) is 79.0 Å². The maximum atomic E-state index is 13.8. The van der Waals surface area contributed by atoms with Gasteiger partial charge in [-0.2, -0.15) is 0 Å². The highest BCUT2D eigenvalue weighted by atomic mass is 28.4. The van der Waals surface area contributed by atoms with Gasteiger partial charge in [0.05, 0.1) is 12.6 Å². The van der Waals surface area contributed by atoms with Crippen LogP contribution in [0.5, 0.6) is 5.75 Å². The molecule has 0 bridgehead atoms. The maximum Gasteiger partial charge on any atom is 0.342 e. The van der Waals surface area contributed by atoms with Gasteiger partial charge in [0, 0.05) is 17.9 Å². The molecular formula is C33H55NO6Si2. The predicted molar refractivity (Wildman–Crippen MR) is 175 cm³/mol. The van der Waals surface area contributed by atoms with Gasteiger partial charge in [0.1, 0.15) is 23.5 Å². The van der Waals surface area contributed by atoms with E-state index in [9.17, 15) is 14.7 Å². The first-order valence-corrected chi connectivity index (χ1v) is 21.0. The number of terminal acetylenes is 1. The Balaban J connectivity index is 2.59. The molecule has 0 saturated heterocycles. The molecule has 5 atom stereocenters. The normalized spacial score (nSPS) is 20.1. The van der Waals surface area contributed by atoms with Crippen LogP contribution >= 0.6 is 0 Å². The van der Waals surface area contributed by atoms with Crippen molar-refractivity contribution in [2.45, 2.75) is 130 Å². The summed E-state index contributed by atoms with van der Waals surface area (Å²) in [6.45, 7) is 27.3. The summed E-state index contributed by atoms with van der Waals surface area (Å²) < 4.78 is 20.1. The molecule has 42 heavy (non-hydrogen) atoms. The van der Waals surface area contributed by atoms with E-state index >= 15 is 0 Å².